The average molecular weight is 379 g/mol. The van der Waals surface area contributed by atoms with Crippen LogP contribution in [0.15, 0.2) is 28.9 Å². The first-order valence-corrected chi connectivity index (χ1v) is 9.45. The van der Waals surface area contributed by atoms with Crippen LogP contribution in [0.5, 0.6) is 0 Å². The topological polar surface area (TPSA) is 106 Å². The van der Waals surface area contributed by atoms with Crippen LogP contribution in [0.25, 0.3) is 0 Å². The minimum atomic E-state index is -0.782. The number of hydrogen-bond acceptors (Lipinski definition) is 8. The third-order valence-corrected chi connectivity index (χ3v) is 5.42. The number of carbonyl (C=O) groups is 2. The molecule has 2 atom stereocenters. The average Bonchev–Trinajstić information content (AvgIpc) is 3.04. The van der Waals surface area contributed by atoms with Crippen LogP contribution in [0, 0.1) is 6.92 Å². The molecule has 0 aromatic carbocycles. The summed E-state index contributed by atoms with van der Waals surface area (Å²) in [5, 5.41) is 14.5. The number of aryl methyl sites for hydroxylation is 1. The van der Waals surface area contributed by atoms with E-state index in [1.54, 1.807) is 24.5 Å². The van der Waals surface area contributed by atoms with Crippen molar-refractivity contribution in [1.82, 2.24) is 25.8 Å². The lowest BCUT2D eigenvalue weighted by atomic mass is 10.0. The fraction of sp³-hybridized carbons (Fsp3) is 0.400. The number of amides is 2. The Morgan fingerprint density at radius 3 is 3.12 bits per heavy atom. The fourth-order valence-electron chi connectivity index (χ4n) is 2.35. The van der Waals surface area contributed by atoms with Gasteiger partial charge in [0, 0.05) is 24.7 Å². The lowest BCUT2D eigenvalue weighted by Crippen LogP contribution is -2.52. The molecule has 3 heterocycles. The molecule has 3 rings (SSSR count). The number of thioether (sulfide) groups is 1. The zero-order valence-electron chi connectivity index (χ0n) is 13.5. The first kappa shape index (κ1) is 17.8. The lowest BCUT2D eigenvalue weighted by molar-refractivity contribution is -0.147. The predicted octanol–water partition coefficient (Wildman–Crippen LogP) is 0.706. The maximum Gasteiger partial charge on any atom is 0.251 e. The highest BCUT2D eigenvalue weighted by atomic mass is 32.2. The van der Waals surface area contributed by atoms with Gasteiger partial charge in [-0.25, -0.2) is 0 Å². The van der Waals surface area contributed by atoms with E-state index >= 15 is 0 Å². The van der Waals surface area contributed by atoms with Gasteiger partial charge in [0.2, 0.25) is 5.91 Å². The minimum absolute atomic E-state index is 0.131. The van der Waals surface area contributed by atoms with E-state index in [-0.39, 0.29) is 18.4 Å². The maximum atomic E-state index is 12.5. The zero-order chi connectivity index (χ0) is 17.6. The van der Waals surface area contributed by atoms with Crippen LogP contribution >= 0.6 is 23.1 Å². The normalized spacial score (nSPS) is 20.1. The molecule has 25 heavy (non-hydrogen) atoms. The Kier molecular flexibility index (Phi) is 5.95. The summed E-state index contributed by atoms with van der Waals surface area (Å²) in [6, 6.07) is 3.01. The van der Waals surface area contributed by atoms with Gasteiger partial charge < -0.3 is 15.4 Å². The third kappa shape index (κ3) is 4.74. The quantitative estimate of drug-likeness (QED) is 0.562. The summed E-state index contributed by atoms with van der Waals surface area (Å²) in [4.78, 5) is 28.1. The number of nitrogens with one attached hydrogen (secondary N) is 2. The largest absolute Gasteiger partial charge is 0.356 e. The number of carbonyl (C=O) groups excluding carboxylic acids is 2. The van der Waals surface area contributed by atoms with Gasteiger partial charge in [0.05, 0.1) is 6.04 Å². The van der Waals surface area contributed by atoms with Crippen LogP contribution in [-0.2, 0) is 14.3 Å². The van der Waals surface area contributed by atoms with Crippen molar-refractivity contribution in [3.05, 3.63) is 35.1 Å². The summed E-state index contributed by atoms with van der Waals surface area (Å²) in [7, 11) is 0. The number of hydrogen-bond donors (Lipinski definition) is 2. The van der Waals surface area contributed by atoms with Crippen molar-refractivity contribution in [2.75, 3.05) is 18.9 Å². The molecule has 2 aromatic rings. The molecule has 2 amide bonds. The second kappa shape index (κ2) is 8.37. The highest BCUT2D eigenvalue weighted by Crippen LogP contribution is 2.23. The Morgan fingerprint density at radius 2 is 2.40 bits per heavy atom. The van der Waals surface area contributed by atoms with Gasteiger partial charge in [0.1, 0.15) is 11.6 Å². The molecule has 2 N–H and O–H groups in total. The third-order valence-electron chi connectivity index (χ3n) is 3.45. The smallest absolute Gasteiger partial charge is 0.251 e. The molecule has 8 nitrogen and oxygen atoms in total. The van der Waals surface area contributed by atoms with Gasteiger partial charge in [-0.15, -0.1) is 10.2 Å². The molecule has 2 aromatic heterocycles. The van der Waals surface area contributed by atoms with Gasteiger partial charge in [-0.2, -0.15) is 0 Å². The van der Waals surface area contributed by atoms with Crippen LogP contribution in [0.4, 0.5) is 0 Å². The molecule has 132 valence electrons. The molecular formula is C15H17N5O3S2. The van der Waals surface area contributed by atoms with Crippen molar-refractivity contribution in [3.63, 3.8) is 0 Å². The number of aromatic nitrogens is 3. The number of rotatable bonds is 6. The fourth-order valence-corrected chi connectivity index (χ4v) is 4.09. The molecule has 0 bridgehead atoms. The van der Waals surface area contributed by atoms with E-state index in [4.69, 9.17) is 4.74 Å². The van der Waals surface area contributed by atoms with Crippen molar-refractivity contribution in [2.24, 2.45) is 0 Å². The molecule has 0 saturated carbocycles. The summed E-state index contributed by atoms with van der Waals surface area (Å²) in [6.07, 6.45) is 2.47. The Labute approximate surface area is 152 Å². The van der Waals surface area contributed by atoms with Crippen LogP contribution in [0.2, 0.25) is 0 Å². The molecule has 1 aliphatic rings. The first-order chi connectivity index (χ1) is 12.1. The van der Waals surface area contributed by atoms with Crippen molar-refractivity contribution >= 4 is 34.9 Å². The second-order valence-electron chi connectivity index (χ2n) is 5.29. The van der Waals surface area contributed by atoms with Gasteiger partial charge in [0.25, 0.3) is 5.91 Å². The van der Waals surface area contributed by atoms with E-state index < -0.39 is 12.1 Å². The number of pyridine rings is 1. The monoisotopic (exact) mass is 379 g/mol. The van der Waals surface area contributed by atoms with Crippen molar-refractivity contribution in [2.45, 2.75) is 23.4 Å². The first-order valence-electron chi connectivity index (χ1n) is 7.65. The van der Waals surface area contributed by atoms with Crippen molar-refractivity contribution < 1.29 is 14.3 Å². The summed E-state index contributed by atoms with van der Waals surface area (Å²) >= 11 is 3.06. The van der Waals surface area contributed by atoms with Gasteiger partial charge in [0.15, 0.2) is 10.4 Å². The van der Waals surface area contributed by atoms with E-state index in [0.29, 0.717) is 12.3 Å². The highest BCUT2D eigenvalue weighted by Gasteiger charge is 2.36. The predicted molar refractivity (Wildman–Crippen MR) is 93.2 cm³/mol. The van der Waals surface area contributed by atoms with Crippen molar-refractivity contribution in [3.8, 4) is 0 Å². The van der Waals surface area contributed by atoms with E-state index in [1.807, 2.05) is 6.92 Å². The molecule has 1 saturated heterocycles. The number of ether oxygens (including phenoxy) is 1. The lowest BCUT2D eigenvalue weighted by Gasteiger charge is -2.31. The molecule has 0 aliphatic carbocycles. The Balaban J connectivity index is 1.54. The molecular weight excluding hydrogens is 362 g/mol. The summed E-state index contributed by atoms with van der Waals surface area (Å²) in [5.74, 6) is 0.166. The van der Waals surface area contributed by atoms with E-state index in [2.05, 4.69) is 25.8 Å². The van der Waals surface area contributed by atoms with Gasteiger partial charge in [-0.1, -0.05) is 29.2 Å². The van der Waals surface area contributed by atoms with Crippen molar-refractivity contribution in [1.29, 1.82) is 0 Å². The summed E-state index contributed by atoms with van der Waals surface area (Å²) in [6.45, 7) is 2.24. The summed E-state index contributed by atoms with van der Waals surface area (Å²) in [5.41, 5.74) is 0.731. The summed E-state index contributed by atoms with van der Waals surface area (Å²) < 4.78 is 6.33. The van der Waals surface area contributed by atoms with Crippen LogP contribution in [0.3, 0.4) is 0 Å². The minimum Gasteiger partial charge on any atom is -0.356 e. The van der Waals surface area contributed by atoms with E-state index in [0.717, 1.165) is 14.9 Å². The molecule has 0 radical (unpaired) electrons. The van der Waals surface area contributed by atoms with Gasteiger partial charge >= 0.3 is 0 Å². The van der Waals surface area contributed by atoms with Crippen LogP contribution in [-0.4, -0.2) is 52.0 Å². The Morgan fingerprint density at radius 1 is 1.52 bits per heavy atom. The molecule has 0 unspecified atom stereocenters. The van der Waals surface area contributed by atoms with Gasteiger partial charge in [-0.05, 0) is 18.6 Å². The highest BCUT2D eigenvalue weighted by molar-refractivity contribution is 8.01. The molecule has 1 fully saturated rings. The SMILES string of the molecule is Cc1nnc(SCCNC(=O)[C@H]2OCC(=O)N[C@@H]2c2cccnc2)s1. The van der Waals surface area contributed by atoms with Crippen LogP contribution < -0.4 is 10.6 Å². The van der Waals surface area contributed by atoms with Crippen LogP contribution in [0.1, 0.15) is 16.6 Å². The second-order valence-corrected chi connectivity index (χ2v) is 7.81. The van der Waals surface area contributed by atoms with Gasteiger partial charge in [-0.3, -0.25) is 14.6 Å². The Bertz CT molecular complexity index is 740. The number of morpholine rings is 1. The molecule has 1 aliphatic heterocycles. The zero-order valence-corrected chi connectivity index (χ0v) is 15.1. The number of nitrogens with zero attached hydrogens (tertiary/aromatic N) is 3. The molecule has 0 spiro atoms. The standard InChI is InChI=1S/C15H17N5O3S2/c1-9-19-20-15(25-9)24-6-5-17-14(22)13-12(18-11(21)8-23-13)10-3-2-4-16-7-10/h2-4,7,12-13H,5-6,8H2,1H3,(H,17,22)(H,18,21)/t12-,13+/m1/s1. The van der Waals surface area contributed by atoms with E-state index in [9.17, 15) is 9.59 Å². The molecule has 10 heteroatoms. The Hall–Kier alpha value is -2.04. The maximum absolute atomic E-state index is 12.5. The van der Waals surface area contributed by atoms with E-state index in [1.165, 1.54) is 23.1 Å².